The zero-order chi connectivity index (χ0) is 27.0. The standard InChI is InChI=1S/C30H25N5O2S2/c36-27-20-26(34-35(27)24-16-8-3-9-17-24)33-29(37)28(21-11-4-1-5-12-21)39-25-18-10-15-23(19-25)32-30(38)31-22-13-6-2-7-14-22/h1-19,28H,20H2,(H2,31,32,38)(H,33,34,37). The first kappa shape index (κ1) is 26.1. The van der Waals surface area contributed by atoms with Crippen molar-refractivity contribution in [3.63, 3.8) is 0 Å². The van der Waals surface area contributed by atoms with Crippen LogP contribution in [-0.4, -0.2) is 22.8 Å². The largest absolute Gasteiger partial charge is 0.332 e. The highest BCUT2D eigenvalue weighted by Gasteiger charge is 2.29. The number of anilines is 3. The number of amidine groups is 1. The van der Waals surface area contributed by atoms with Gasteiger partial charge >= 0.3 is 0 Å². The van der Waals surface area contributed by atoms with Crippen LogP contribution in [0.1, 0.15) is 17.2 Å². The fourth-order valence-electron chi connectivity index (χ4n) is 3.98. The highest BCUT2D eigenvalue weighted by Crippen LogP contribution is 2.36. The van der Waals surface area contributed by atoms with Crippen LogP contribution in [-0.2, 0) is 9.59 Å². The van der Waals surface area contributed by atoms with Crippen LogP contribution in [0.5, 0.6) is 0 Å². The smallest absolute Gasteiger partial charge is 0.255 e. The summed E-state index contributed by atoms with van der Waals surface area (Å²) in [7, 11) is 0. The van der Waals surface area contributed by atoms with Crippen LogP contribution < -0.4 is 21.0 Å². The lowest BCUT2D eigenvalue weighted by Crippen LogP contribution is -2.33. The maximum atomic E-state index is 13.5. The van der Waals surface area contributed by atoms with E-state index in [1.54, 1.807) is 12.1 Å². The number of hydrogen-bond donors (Lipinski definition) is 3. The molecular formula is C30H25N5O2S2. The van der Waals surface area contributed by atoms with Gasteiger partial charge in [-0.3, -0.25) is 9.59 Å². The van der Waals surface area contributed by atoms with Crippen molar-refractivity contribution in [1.82, 2.24) is 5.32 Å². The lowest BCUT2D eigenvalue weighted by molar-refractivity contribution is -0.119. The van der Waals surface area contributed by atoms with Crippen molar-refractivity contribution in [3.05, 3.63) is 121 Å². The first-order valence-electron chi connectivity index (χ1n) is 12.3. The number of carbonyl (C=O) groups excluding carboxylic acids is 2. The zero-order valence-electron chi connectivity index (χ0n) is 20.8. The third-order valence-corrected chi connectivity index (χ3v) is 7.21. The molecule has 0 fully saturated rings. The van der Waals surface area contributed by atoms with Gasteiger partial charge in [0.15, 0.2) is 5.11 Å². The van der Waals surface area contributed by atoms with E-state index < -0.39 is 5.25 Å². The Balaban J connectivity index is 1.30. The highest BCUT2D eigenvalue weighted by molar-refractivity contribution is 8.00. The molecule has 194 valence electrons. The van der Waals surface area contributed by atoms with Crippen LogP contribution >= 0.6 is 24.0 Å². The molecule has 4 aromatic rings. The predicted molar refractivity (Wildman–Crippen MR) is 162 cm³/mol. The molecule has 0 bridgehead atoms. The maximum Gasteiger partial charge on any atom is 0.255 e. The summed E-state index contributed by atoms with van der Waals surface area (Å²) in [4.78, 5) is 27.0. The predicted octanol–water partition coefficient (Wildman–Crippen LogP) is 6.20. The number of thioether (sulfide) groups is 1. The third-order valence-electron chi connectivity index (χ3n) is 5.76. The molecule has 0 spiro atoms. The van der Waals surface area contributed by atoms with Gasteiger partial charge in [0, 0.05) is 16.3 Å². The molecule has 0 saturated carbocycles. The molecule has 0 radical (unpaired) electrons. The van der Waals surface area contributed by atoms with Gasteiger partial charge in [-0.25, -0.2) is 0 Å². The number of carbonyl (C=O) groups is 2. The molecule has 0 aliphatic carbocycles. The number of rotatable bonds is 7. The average molecular weight is 552 g/mol. The number of para-hydroxylation sites is 2. The first-order chi connectivity index (χ1) is 19.0. The molecule has 1 heterocycles. The first-order valence-corrected chi connectivity index (χ1v) is 13.5. The van der Waals surface area contributed by atoms with Crippen molar-refractivity contribution in [3.8, 4) is 0 Å². The second kappa shape index (κ2) is 12.4. The molecule has 0 aromatic heterocycles. The van der Waals surface area contributed by atoms with Crippen LogP contribution in [0.15, 0.2) is 125 Å². The zero-order valence-corrected chi connectivity index (χ0v) is 22.4. The Morgan fingerprint density at radius 2 is 1.41 bits per heavy atom. The van der Waals surface area contributed by atoms with Crippen LogP contribution in [0.25, 0.3) is 0 Å². The number of nitrogens with one attached hydrogen (secondary N) is 3. The van der Waals surface area contributed by atoms with Crippen LogP contribution in [0.3, 0.4) is 0 Å². The van der Waals surface area contributed by atoms with Gasteiger partial charge < -0.3 is 16.0 Å². The Kier molecular flexibility index (Phi) is 8.30. The van der Waals surface area contributed by atoms with Crippen molar-refractivity contribution in [2.75, 3.05) is 15.6 Å². The van der Waals surface area contributed by atoms with Crippen molar-refractivity contribution >= 4 is 63.8 Å². The van der Waals surface area contributed by atoms with E-state index in [1.807, 2.05) is 103 Å². The number of amides is 2. The minimum absolute atomic E-state index is 0.0259. The van der Waals surface area contributed by atoms with E-state index in [0.717, 1.165) is 21.8 Å². The summed E-state index contributed by atoms with van der Waals surface area (Å²) < 4.78 is 0. The van der Waals surface area contributed by atoms with Crippen molar-refractivity contribution < 1.29 is 9.59 Å². The lowest BCUT2D eigenvalue weighted by atomic mass is 10.1. The van der Waals surface area contributed by atoms with E-state index in [0.29, 0.717) is 16.6 Å². The summed E-state index contributed by atoms with van der Waals surface area (Å²) in [6.45, 7) is 0. The van der Waals surface area contributed by atoms with E-state index in [4.69, 9.17) is 12.2 Å². The van der Waals surface area contributed by atoms with Gasteiger partial charge in [0.1, 0.15) is 11.1 Å². The Hall–Kier alpha value is -4.47. The average Bonchev–Trinajstić information content (AvgIpc) is 3.33. The van der Waals surface area contributed by atoms with E-state index in [9.17, 15) is 9.59 Å². The number of benzene rings is 4. The van der Waals surface area contributed by atoms with Gasteiger partial charge in [-0.2, -0.15) is 10.1 Å². The normalized spacial score (nSPS) is 13.4. The Morgan fingerprint density at radius 3 is 2.13 bits per heavy atom. The number of hydrazone groups is 1. The minimum Gasteiger partial charge on any atom is -0.332 e. The van der Waals surface area contributed by atoms with Crippen molar-refractivity contribution in [2.45, 2.75) is 16.6 Å². The summed E-state index contributed by atoms with van der Waals surface area (Å²) in [5.74, 6) is -0.130. The quantitative estimate of drug-likeness (QED) is 0.187. The molecule has 3 N–H and O–H groups in total. The molecule has 1 aliphatic rings. The Bertz CT molecular complexity index is 1500. The van der Waals surface area contributed by atoms with Crippen molar-refractivity contribution in [1.29, 1.82) is 0 Å². The molecule has 7 nitrogen and oxygen atoms in total. The van der Waals surface area contributed by atoms with Gasteiger partial charge in [0.25, 0.3) is 5.91 Å². The number of hydrogen-bond acceptors (Lipinski definition) is 5. The van der Waals surface area contributed by atoms with Gasteiger partial charge in [0.2, 0.25) is 5.91 Å². The molecule has 39 heavy (non-hydrogen) atoms. The topological polar surface area (TPSA) is 85.8 Å². The number of thiocarbonyl (C=S) groups is 1. The minimum atomic E-state index is -0.570. The lowest BCUT2D eigenvalue weighted by Gasteiger charge is -2.17. The van der Waals surface area contributed by atoms with E-state index in [-0.39, 0.29) is 18.2 Å². The summed E-state index contributed by atoms with van der Waals surface area (Å²) in [5.41, 5.74) is 3.18. The van der Waals surface area contributed by atoms with Crippen LogP contribution in [0.4, 0.5) is 17.1 Å². The SMILES string of the molecule is O=C(NC1=NN(c2ccccc2)C(=O)C1)C(Sc1cccc(NC(=S)Nc2ccccc2)c1)c1ccccc1. The molecule has 1 unspecified atom stereocenters. The summed E-state index contributed by atoms with van der Waals surface area (Å²) in [6, 6.07) is 36.1. The second-order valence-corrected chi connectivity index (χ2v) is 10.2. The number of nitrogens with zero attached hydrogens (tertiary/aromatic N) is 2. The van der Waals surface area contributed by atoms with E-state index in [1.165, 1.54) is 16.8 Å². The molecule has 0 saturated heterocycles. The van der Waals surface area contributed by atoms with E-state index >= 15 is 0 Å². The summed E-state index contributed by atoms with van der Waals surface area (Å²) in [5, 5.41) is 14.8. The monoisotopic (exact) mass is 551 g/mol. The van der Waals surface area contributed by atoms with Crippen molar-refractivity contribution in [2.24, 2.45) is 5.10 Å². The van der Waals surface area contributed by atoms with Gasteiger partial charge in [0.05, 0.1) is 12.1 Å². The highest BCUT2D eigenvalue weighted by atomic mass is 32.2. The van der Waals surface area contributed by atoms with Gasteiger partial charge in [-0.15, -0.1) is 11.8 Å². The van der Waals surface area contributed by atoms with Gasteiger partial charge in [-0.05, 0) is 60.2 Å². The summed E-state index contributed by atoms with van der Waals surface area (Å²) in [6.07, 6.45) is 0.0259. The summed E-state index contributed by atoms with van der Waals surface area (Å²) >= 11 is 6.87. The molecule has 4 aromatic carbocycles. The fraction of sp³-hybridized carbons (Fsp3) is 0.0667. The fourth-order valence-corrected chi connectivity index (χ4v) is 5.30. The van der Waals surface area contributed by atoms with Crippen LogP contribution in [0, 0.1) is 0 Å². The molecule has 1 atom stereocenters. The van der Waals surface area contributed by atoms with Gasteiger partial charge in [-0.1, -0.05) is 72.8 Å². The molecule has 1 aliphatic heterocycles. The van der Waals surface area contributed by atoms with Crippen LogP contribution in [0.2, 0.25) is 0 Å². The second-order valence-electron chi connectivity index (χ2n) is 8.64. The third kappa shape index (κ3) is 6.90. The Morgan fingerprint density at radius 1 is 0.795 bits per heavy atom. The molecular weight excluding hydrogens is 526 g/mol. The van der Waals surface area contributed by atoms with E-state index in [2.05, 4.69) is 21.1 Å². The molecule has 5 rings (SSSR count). The molecule has 2 amide bonds. The molecule has 9 heteroatoms. The maximum absolute atomic E-state index is 13.5. The Labute approximate surface area is 236 Å².